The minimum atomic E-state index is 0.486. The predicted octanol–water partition coefficient (Wildman–Crippen LogP) is 6.88. The molecule has 25 heavy (non-hydrogen) atoms. The first-order valence-corrected chi connectivity index (χ1v) is 9.86. The Labute approximate surface area is 152 Å². The van der Waals surface area contributed by atoms with Gasteiger partial charge in [0.1, 0.15) is 0 Å². The molecule has 1 aliphatic carbocycles. The lowest BCUT2D eigenvalue weighted by Gasteiger charge is -2.29. The molecule has 1 nitrogen and oxygen atoms in total. The summed E-state index contributed by atoms with van der Waals surface area (Å²) in [5, 5.41) is 8.77. The molecule has 1 fully saturated rings. The summed E-state index contributed by atoms with van der Waals surface area (Å²) in [7, 11) is 0. The molecule has 0 unspecified atom stereocenters. The Morgan fingerprint density at radius 3 is 2.04 bits per heavy atom. The van der Waals surface area contributed by atoms with E-state index in [-0.39, 0.29) is 0 Å². The van der Waals surface area contributed by atoms with Gasteiger partial charge in [-0.05, 0) is 59.8 Å². The van der Waals surface area contributed by atoms with Crippen LogP contribution in [0.1, 0.15) is 68.9 Å². The van der Waals surface area contributed by atoms with Gasteiger partial charge in [0.25, 0.3) is 0 Å². The normalized spacial score (nSPS) is 20.2. The Morgan fingerprint density at radius 2 is 1.48 bits per heavy atom. The zero-order chi connectivity index (χ0) is 17.5. The molecule has 0 bridgehead atoms. The summed E-state index contributed by atoms with van der Waals surface area (Å²) in [6.45, 7) is 2.30. The van der Waals surface area contributed by atoms with E-state index in [1.165, 1.54) is 61.6 Å². The van der Waals surface area contributed by atoms with Gasteiger partial charge >= 0.3 is 0 Å². The van der Waals surface area contributed by atoms with Crippen molar-refractivity contribution in [3.63, 3.8) is 0 Å². The number of rotatable bonds is 6. The van der Waals surface area contributed by atoms with Crippen LogP contribution in [0, 0.1) is 17.2 Å². The SMILES string of the molecule is CCCC[C@H]1CC[C@H](c2ccc(-c3ccc(CC#N)cc3)cc2)CC1. The van der Waals surface area contributed by atoms with E-state index in [4.69, 9.17) is 5.26 Å². The maximum absolute atomic E-state index is 8.77. The molecule has 1 saturated carbocycles. The van der Waals surface area contributed by atoms with Crippen LogP contribution in [0.5, 0.6) is 0 Å². The third-order valence-corrected chi connectivity index (χ3v) is 5.77. The number of unbranched alkanes of at least 4 members (excludes halogenated alkanes) is 1. The van der Waals surface area contributed by atoms with Gasteiger partial charge in [0.2, 0.25) is 0 Å². The largest absolute Gasteiger partial charge is 0.198 e. The van der Waals surface area contributed by atoms with Crippen LogP contribution < -0.4 is 0 Å². The molecular weight excluding hydrogens is 302 g/mol. The molecule has 0 aromatic heterocycles. The minimum absolute atomic E-state index is 0.486. The van der Waals surface area contributed by atoms with Gasteiger partial charge in [0, 0.05) is 0 Å². The average Bonchev–Trinajstić information content (AvgIpc) is 2.68. The highest BCUT2D eigenvalue weighted by molar-refractivity contribution is 5.64. The zero-order valence-corrected chi connectivity index (χ0v) is 15.4. The number of benzene rings is 2. The molecule has 0 saturated heterocycles. The van der Waals surface area contributed by atoms with E-state index >= 15 is 0 Å². The molecule has 0 aliphatic heterocycles. The molecule has 0 N–H and O–H groups in total. The van der Waals surface area contributed by atoms with Crippen molar-refractivity contribution in [1.82, 2.24) is 0 Å². The molecule has 2 aromatic carbocycles. The first kappa shape index (κ1) is 17.7. The molecule has 0 radical (unpaired) electrons. The van der Waals surface area contributed by atoms with Crippen LogP contribution in [-0.4, -0.2) is 0 Å². The van der Waals surface area contributed by atoms with Crippen molar-refractivity contribution in [3.05, 3.63) is 59.7 Å². The number of nitriles is 1. The fourth-order valence-corrected chi connectivity index (χ4v) is 4.13. The number of hydrogen-bond donors (Lipinski definition) is 0. The Hall–Kier alpha value is -2.07. The highest BCUT2D eigenvalue weighted by Crippen LogP contribution is 2.38. The molecule has 2 aromatic rings. The fraction of sp³-hybridized carbons (Fsp3) is 0.458. The molecular formula is C24H29N. The van der Waals surface area contributed by atoms with Gasteiger partial charge in [0.15, 0.2) is 0 Å². The van der Waals surface area contributed by atoms with E-state index in [0.717, 1.165) is 17.4 Å². The lowest BCUT2D eigenvalue weighted by molar-refractivity contribution is 0.304. The second-order valence-electron chi connectivity index (χ2n) is 7.51. The Morgan fingerprint density at radius 1 is 0.880 bits per heavy atom. The van der Waals surface area contributed by atoms with Crippen LogP contribution in [0.15, 0.2) is 48.5 Å². The zero-order valence-electron chi connectivity index (χ0n) is 15.4. The monoisotopic (exact) mass is 331 g/mol. The third kappa shape index (κ3) is 4.73. The highest BCUT2D eigenvalue weighted by atomic mass is 14.3. The summed E-state index contributed by atoms with van der Waals surface area (Å²) in [4.78, 5) is 0. The van der Waals surface area contributed by atoms with E-state index in [0.29, 0.717) is 6.42 Å². The van der Waals surface area contributed by atoms with Crippen molar-refractivity contribution in [3.8, 4) is 17.2 Å². The quantitative estimate of drug-likeness (QED) is 0.565. The lowest BCUT2D eigenvalue weighted by Crippen LogP contribution is -2.13. The summed E-state index contributed by atoms with van der Waals surface area (Å²) >= 11 is 0. The predicted molar refractivity (Wildman–Crippen MR) is 105 cm³/mol. The van der Waals surface area contributed by atoms with Crippen LogP contribution in [0.4, 0.5) is 0 Å². The van der Waals surface area contributed by atoms with Crippen LogP contribution >= 0.6 is 0 Å². The van der Waals surface area contributed by atoms with E-state index in [9.17, 15) is 0 Å². The van der Waals surface area contributed by atoms with Gasteiger partial charge in [0.05, 0.1) is 12.5 Å². The van der Waals surface area contributed by atoms with Crippen molar-refractivity contribution in [2.24, 2.45) is 5.92 Å². The summed E-state index contributed by atoms with van der Waals surface area (Å²) < 4.78 is 0. The van der Waals surface area contributed by atoms with E-state index in [1.807, 2.05) is 0 Å². The number of hydrogen-bond acceptors (Lipinski definition) is 1. The molecule has 3 rings (SSSR count). The van der Waals surface area contributed by atoms with E-state index in [1.54, 1.807) is 0 Å². The first-order chi connectivity index (χ1) is 12.3. The Balaban J connectivity index is 1.60. The van der Waals surface area contributed by atoms with Gasteiger partial charge < -0.3 is 0 Å². The van der Waals surface area contributed by atoms with E-state index in [2.05, 4.69) is 61.5 Å². The summed E-state index contributed by atoms with van der Waals surface area (Å²) in [6, 6.07) is 19.8. The molecule has 0 amide bonds. The molecule has 1 heteroatoms. The first-order valence-electron chi connectivity index (χ1n) is 9.86. The highest BCUT2D eigenvalue weighted by Gasteiger charge is 2.21. The van der Waals surface area contributed by atoms with Gasteiger partial charge in [-0.1, -0.05) is 74.7 Å². The average molecular weight is 332 g/mol. The van der Waals surface area contributed by atoms with E-state index < -0.39 is 0 Å². The van der Waals surface area contributed by atoms with Crippen molar-refractivity contribution < 1.29 is 0 Å². The van der Waals surface area contributed by atoms with Crippen molar-refractivity contribution in [2.75, 3.05) is 0 Å². The van der Waals surface area contributed by atoms with Crippen molar-refractivity contribution >= 4 is 0 Å². The molecule has 0 spiro atoms. The summed E-state index contributed by atoms with van der Waals surface area (Å²) in [6.07, 6.45) is 10.2. The van der Waals surface area contributed by atoms with Gasteiger partial charge in [-0.15, -0.1) is 0 Å². The van der Waals surface area contributed by atoms with Crippen LogP contribution in [0.3, 0.4) is 0 Å². The third-order valence-electron chi connectivity index (χ3n) is 5.77. The van der Waals surface area contributed by atoms with Gasteiger partial charge in [-0.2, -0.15) is 5.26 Å². The minimum Gasteiger partial charge on any atom is -0.198 e. The molecule has 0 heterocycles. The topological polar surface area (TPSA) is 23.8 Å². The van der Waals surface area contributed by atoms with Gasteiger partial charge in [-0.3, -0.25) is 0 Å². The van der Waals surface area contributed by atoms with Gasteiger partial charge in [-0.25, -0.2) is 0 Å². The second kappa shape index (κ2) is 8.86. The standard InChI is InChI=1S/C24H29N/c1-2-3-4-19-5-9-21(10-6-19)23-13-15-24(16-14-23)22-11-7-20(8-12-22)17-18-25/h7-8,11-16,19,21H,2-6,9-10,17H2,1H3/t19-,21-. The van der Waals surface area contributed by atoms with Crippen LogP contribution in [-0.2, 0) is 6.42 Å². The maximum atomic E-state index is 8.77. The van der Waals surface area contributed by atoms with Crippen LogP contribution in [0.2, 0.25) is 0 Å². The summed E-state index contributed by atoms with van der Waals surface area (Å²) in [5.74, 6) is 1.73. The Bertz CT molecular complexity index is 682. The molecule has 0 atom stereocenters. The second-order valence-corrected chi connectivity index (χ2v) is 7.51. The van der Waals surface area contributed by atoms with Crippen LogP contribution in [0.25, 0.3) is 11.1 Å². The smallest absolute Gasteiger partial charge is 0.0669 e. The molecule has 1 aliphatic rings. The number of nitrogens with zero attached hydrogens (tertiary/aromatic N) is 1. The fourth-order valence-electron chi connectivity index (χ4n) is 4.13. The lowest BCUT2D eigenvalue weighted by atomic mass is 9.77. The maximum Gasteiger partial charge on any atom is 0.0669 e. The van der Waals surface area contributed by atoms with Crippen molar-refractivity contribution in [2.45, 2.75) is 64.2 Å². The molecule has 130 valence electrons. The summed E-state index contributed by atoms with van der Waals surface area (Å²) in [5.41, 5.74) is 5.10. The van der Waals surface area contributed by atoms with Crippen molar-refractivity contribution in [1.29, 1.82) is 5.26 Å². The Kier molecular flexibility index (Phi) is 6.29.